The van der Waals surface area contributed by atoms with Gasteiger partial charge in [0.2, 0.25) is 0 Å². The lowest BCUT2D eigenvalue weighted by molar-refractivity contribution is 0.425. The maximum atomic E-state index is 6.03. The Morgan fingerprint density at radius 1 is 1.39 bits per heavy atom. The van der Waals surface area contributed by atoms with Crippen LogP contribution in [0.25, 0.3) is 5.65 Å². The van der Waals surface area contributed by atoms with Crippen molar-refractivity contribution in [1.29, 1.82) is 0 Å². The fourth-order valence-corrected chi connectivity index (χ4v) is 2.79. The Balaban J connectivity index is 2.05. The Morgan fingerprint density at radius 3 is 3.00 bits per heavy atom. The third-order valence-electron chi connectivity index (χ3n) is 3.72. The molecule has 3 heterocycles. The smallest absolute Gasteiger partial charge is 0.157 e. The molecule has 2 atom stereocenters. The van der Waals surface area contributed by atoms with E-state index in [0.717, 1.165) is 30.9 Å². The zero-order valence-electron chi connectivity index (χ0n) is 10.9. The van der Waals surface area contributed by atoms with Crippen molar-refractivity contribution < 1.29 is 0 Å². The first-order valence-corrected chi connectivity index (χ1v) is 6.48. The first-order valence-electron chi connectivity index (χ1n) is 6.48. The molecular weight excluding hydrogens is 226 g/mol. The Labute approximate surface area is 107 Å². The number of nitrogens with zero attached hydrogens (tertiary/aromatic N) is 4. The van der Waals surface area contributed by atoms with Gasteiger partial charge in [0.1, 0.15) is 12.1 Å². The fraction of sp³-hybridized carbons (Fsp3) is 0.538. The molecule has 2 aromatic heterocycles. The highest BCUT2D eigenvalue weighted by atomic mass is 15.4. The normalized spacial score (nSPS) is 24.7. The third kappa shape index (κ3) is 1.84. The van der Waals surface area contributed by atoms with E-state index in [0.29, 0.717) is 12.1 Å². The predicted octanol–water partition coefficient (Wildman–Crippen LogP) is 1.35. The van der Waals surface area contributed by atoms with Gasteiger partial charge in [0.25, 0.3) is 0 Å². The number of aryl methyl sites for hydroxylation is 1. The highest BCUT2D eigenvalue weighted by molar-refractivity contribution is 5.53. The van der Waals surface area contributed by atoms with Gasteiger partial charge in [-0.25, -0.2) is 4.98 Å². The fourth-order valence-electron chi connectivity index (χ4n) is 2.79. The van der Waals surface area contributed by atoms with E-state index in [9.17, 15) is 0 Å². The quantitative estimate of drug-likeness (QED) is 0.824. The van der Waals surface area contributed by atoms with Crippen LogP contribution in [0.3, 0.4) is 0 Å². The lowest BCUT2D eigenvalue weighted by Crippen LogP contribution is -2.46. The van der Waals surface area contributed by atoms with Crippen molar-refractivity contribution in [3.8, 4) is 0 Å². The minimum atomic E-state index is 0.326. The van der Waals surface area contributed by atoms with E-state index >= 15 is 0 Å². The van der Waals surface area contributed by atoms with Crippen molar-refractivity contribution in [1.82, 2.24) is 14.6 Å². The van der Waals surface area contributed by atoms with Crippen molar-refractivity contribution in [2.45, 2.75) is 38.8 Å². The largest absolute Gasteiger partial charge is 0.354 e. The molecule has 5 nitrogen and oxygen atoms in total. The first kappa shape index (κ1) is 11.5. The molecule has 0 bridgehead atoms. The Bertz CT molecular complexity index is 562. The summed E-state index contributed by atoms with van der Waals surface area (Å²) in [7, 11) is 0. The van der Waals surface area contributed by atoms with Crippen LogP contribution in [-0.4, -0.2) is 33.2 Å². The number of rotatable bonds is 1. The van der Waals surface area contributed by atoms with Crippen LogP contribution in [0.2, 0.25) is 0 Å². The van der Waals surface area contributed by atoms with Crippen molar-refractivity contribution >= 4 is 11.5 Å². The third-order valence-corrected chi connectivity index (χ3v) is 3.72. The zero-order valence-corrected chi connectivity index (χ0v) is 10.9. The van der Waals surface area contributed by atoms with E-state index in [1.807, 2.05) is 4.52 Å². The summed E-state index contributed by atoms with van der Waals surface area (Å²) in [4.78, 5) is 6.66. The number of pyridine rings is 1. The van der Waals surface area contributed by atoms with Gasteiger partial charge in [-0.05, 0) is 44.4 Å². The molecular formula is C13H19N5. The van der Waals surface area contributed by atoms with Gasteiger partial charge in [0.05, 0.1) is 0 Å². The van der Waals surface area contributed by atoms with E-state index in [2.05, 4.69) is 41.0 Å². The van der Waals surface area contributed by atoms with E-state index in [1.165, 1.54) is 5.56 Å². The Hall–Kier alpha value is -1.62. The van der Waals surface area contributed by atoms with Crippen molar-refractivity contribution in [3.05, 3.63) is 24.0 Å². The number of piperidine rings is 1. The van der Waals surface area contributed by atoms with E-state index in [-0.39, 0.29) is 0 Å². The van der Waals surface area contributed by atoms with Crippen molar-refractivity contribution in [2.24, 2.45) is 5.73 Å². The summed E-state index contributed by atoms with van der Waals surface area (Å²) in [6.07, 6.45) is 3.68. The SMILES string of the molecule is Cc1cc(N2CCC(N)CC2C)n2ncnc2c1. The average molecular weight is 245 g/mol. The number of nitrogens with two attached hydrogens (primary N) is 1. The molecule has 2 unspecified atom stereocenters. The van der Waals surface area contributed by atoms with E-state index in [4.69, 9.17) is 5.73 Å². The molecule has 0 amide bonds. The molecule has 0 saturated carbocycles. The van der Waals surface area contributed by atoms with Gasteiger partial charge in [-0.3, -0.25) is 0 Å². The second-order valence-corrected chi connectivity index (χ2v) is 5.25. The summed E-state index contributed by atoms with van der Waals surface area (Å²) in [5.74, 6) is 1.13. The number of aromatic nitrogens is 3. The summed E-state index contributed by atoms with van der Waals surface area (Å²) in [5.41, 5.74) is 8.15. The van der Waals surface area contributed by atoms with Gasteiger partial charge in [-0.2, -0.15) is 9.61 Å². The number of anilines is 1. The lowest BCUT2D eigenvalue weighted by atomic mass is 9.99. The summed E-state index contributed by atoms with van der Waals surface area (Å²) in [6.45, 7) is 5.31. The standard InChI is InChI=1S/C13H19N5/c1-9-5-12-15-8-16-18(12)13(6-9)17-4-3-11(14)7-10(17)2/h5-6,8,10-11H,3-4,7,14H2,1-2H3. The molecule has 1 aliphatic rings. The molecule has 2 N–H and O–H groups in total. The molecule has 5 heteroatoms. The van der Waals surface area contributed by atoms with Crippen LogP contribution in [0.5, 0.6) is 0 Å². The van der Waals surface area contributed by atoms with Crippen LogP contribution >= 0.6 is 0 Å². The second-order valence-electron chi connectivity index (χ2n) is 5.25. The van der Waals surface area contributed by atoms with Gasteiger partial charge in [-0.1, -0.05) is 0 Å². The lowest BCUT2D eigenvalue weighted by Gasteiger charge is -2.38. The Morgan fingerprint density at radius 2 is 2.22 bits per heavy atom. The maximum Gasteiger partial charge on any atom is 0.157 e. The minimum absolute atomic E-state index is 0.326. The van der Waals surface area contributed by atoms with Gasteiger partial charge < -0.3 is 10.6 Å². The molecule has 18 heavy (non-hydrogen) atoms. The van der Waals surface area contributed by atoms with Gasteiger partial charge in [0.15, 0.2) is 5.65 Å². The first-order chi connectivity index (χ1) is 8.65. The van der Waals surface area contributed by atoms with Crippen molar-refractivity contribution in [2.75, 3.05) is 11.4 Å². The zero-order chi connectivity index (χ0) is 12.7. The molecule has 96 valence electrons. The van der Waals surface area contributed by atoms with Crippen LogP contribution in [0.1, 0.15) is 25.3 Å². The monoisotopic (exact) mass is 245 g/mol. The molecule has 0 aromatic carbocycles. The number of hydrogen-bond acceptors (Lipinski definition) is 4. The van der Waals surface area contributed by atoms with Crippen LogP contribution in [0.4, 0.5) is 5.82 Å². The second kappa shape index (κ2) is 4.24. The highest BCUT2D eigenvalue weighted by Crippen LogP contribution is 2.25. The molecule has 0 aliphatic carbocycles. The van der Waals surface area contributed by atoms with E-state index in [1.54, 1.807) is 6.33 Å². The van der Waals surface area contributed by atoms with Crippen LogP contribution in [-0.2, 0) is 0 Å². The Kier molecular flexibility index (Phi) is 2.70. The van der Waals surface area contributed by atoms with Crippen LogP contribution in [0.15, 0.2) is 18.5 Å². The average Bonchev–Trinajstić information content (AvgIpc) is 2.76. The molecule has 1 fully saturated rings. The molecule has 2 aromatic rings. The minimum Gasteiger partial charge on any atom is -0.354 e. The predicted molar refractivity (Wildman–Crippen MR) is 71.7 cm³/mol. The molecule has 1 saturated heterocycles. The van der Waals surface area contributed by atoms with Gasteiger partial charge in [0, 0.05) is 18.6 Å². The topological polar surface area (TPSA) is 59.5 Å². The van der Waals surface area contributed by atoms with Gasteiger partial charge in [-0.15, -0.1) is 0 Å². The van der Waals surface area contributed by atoms with Crippen LogP contribution < -0.4 is 10.6 Å². The van der Waals surface area contributed by atoms with E-state index < -0.39 is 0 Å². The maximum absolute atomic E-state index is 6.03. The van der Waals surface area contributed by atoms with Crippen LogP contribution in [0, 0.1) is 6.92 Å². The highest BCUT2D eigenvalue weighted by Gasteiger charge is 2.25. The van der Waals surface area contributed by atoms with Crippen molar-refractivity contribution in [3.63, 3.8) is 0 Å². The van der Waals surface area contributed by atoms with Gasteiger partial charge >= 0.3 is 0 Å². The number of fused-ring (bicyclic) bond motifs is 1. The molecule has 1 aliphatic heterocycles. The molecule has 0 spiro atoms. The summed E-state index contributed by atoms with van der Waals surface area (Å²) < 4.78 is 1.92. The summed E-state index contributed by atoms with van der Waals surface area (Å²) >= 11 is 0. The molecule has 0 radical (unpaired) electrons. The summed E-state index contributed by atoms with van der Waals surface area (Å²) in [6, 6.07) is 5.00. The number of hydrogen-bond donors (Lipinski definition) is 1. The molecule has 3 rings (SSSR count). The summed E-state index contributed by atoms with van der Waals surface area (Å²) in [5, 5.41) is 4.32.